The molecule has 0 aliphatic heterocycles. The van der Waals surface area contributed by atoms with Crippen LogP contribution >= 0.6 is 0 Å². The molecule has 1 aromatic heterocycles. The van der Waals surface area contributed by atoms with Gasteiger partial charge >= 0.3 is 6.18 Å². The van der Waals surface area contributed by atoms with E-state index in [1.165, 1.54) is 38.4 Å². The fourth-order valence-corrected chi connectivity index (χ4v) is 4.02. The first-order chi connectivity index (χ1) is 14.0. The Labute approximate surface area is 169 Å². The first-order valence-electron chi connectivity index (χ1n) is 9.27. The molecular weight excluding hydrogens is 407 g/mol. The van der Waals surface area contributed by atoms with Gasteiger partial charge in [-0.3, -0.25) is 14.6 Å². The first kappa shape index (κ1) is 21.9. The zero-order valence-electron chi connectivity index (χ0n) is 16.2. The van der Waals surface area contributed by atoms with E-state index in [4.69, 9.17) is 0 Å². The Balaban J connectivity index is 1.97. The molecule has 1 amide bonds. The number of Topliss-reactive ketones (excluding diaryl/α,β-unsaturated/α-hetero) is 1. The highest BCUT2D eigenvalue weighted by atomic mass is 19.4. The number of nitrogens with zero attached hydrogens (tertiary/aromatic N) is 1. The van der Waals surface area contributed by atoms with E-state index in [-0.39, 0.29) is 28.2 Å². The van der Waals surface area contributed by atoms with Crippen molar-refractivity contribution in [3.63, 3.8) is 0 Å². The van der Waals surface area contributed by atoms with Crippen molar-refractivity contribution in [3.8, 4) is 0 Å². The topological polar surface area (TPSA) is 59.1 Å². The molecule has 0 bridgehead atoms. The number of carbonyl (C=O) groups excluding carboxylic acids is 2. The minimum atomic E-state index is -4.53. The third-order valence-corrected chi connectivity index (χ3v) is 5.60. The lowest BCUT2D eigenvalue weighted by Gasteiger charge is -2.22. The molecule has 1 N–H and O–H groups in total. The Morgan fingerprint density at radius 3 is 2.47 bits per heavy atom. The van der Waals surface area contributed by atoms with Gasteiger partial charge in [0.1, 0.15) is 0 Å². The largest absolute Gasteiger partial charge is 0.391 e. The molecule has 2 aromatic rings. The molecule has 3 atom stereocenters. The Kier molecular flexibility index (Phi) is 5.92. The van der Waals surface area contributed by atoms with E-state index >= 15 is 0 Å². The van der Waals surface area contributed by atoms with Crippen LogP contribution in [0.1, 0.15) is 47.2 Å². The van der Waals surface area contributed by atoms with Gasteiger partial charge in [0.15, 0.2) is 17.4 Å². The summed E-state index contributed by atoms with van der Waals surface area (Å²) in [5.74, 6) is -7.17. The number of anilines is 1. The van der Waals surface area contributed by atoms with E-state index in [1.807, 2.05) is 0 Å². The summed E-state index contributed by atoms with van der Waals surface area (Å²) in [6.07, 6.45) is -2.84. The van der Waals surface area contributed by atoms with E-state index in [0.29, 0.717) is 0 Å². The maximum atomic E-state index is 14.1. The minimum Gasteiger partial charge on any atom is -0.325 e. The van der Waals surface area contributed by atoms with Crippen molar-refractivity contribution in [2.24, 2.45) is 11.8 Å². The van der Waals surface area contributed by atoms with Crippen molar-refractivity contribution < 1.29 is 31.5 Å². The molecule has 1 fully saturated rings. The molecule has 160 valence electrons. The predicted molar refractivity (Wildman–Crippen MR) is 99.0 cm³/mol. The summed E-state index contributed by atoms with van der Waals surface area (Å²) in [5, 5.41) is 2.52. The Morgan fingerprint density at radius 1 is 1.13 bits per heavy atom. The number of carbonyl (C=O) groups is 2. The number of amides is 1. The second kappa shape index (κ2) is 8.12. The van der Waals surface area contributed by atoms with Gasteiger partial charge in [0.05, 0.1) is 17.2 Å². The number of nitrogens with one attached hydrogen (secondary N) is 1. The lowest BCUT2D eigenvalue weighted by molar-refractivity contribution is -0.173. The SMILES string of the molecule is CC(=O)c1cnccc1NC(=O)[C@@H]1C[C@@H](C(F)(F)F)C[C@H]1c1ccc(F)c(F)c1C. The van der Waals surface area contributed by atoms with Gasteiger partial charge in [-0.1, -0.05) is 6.07 Å². The zero-order valence-corrected chi connectivity index (χ0v) is 16.2. The lowest BCUT2D eigenvalue weighted by atomic mass is 9.85. The molecule has 3 rings (SSSR count). The summed E-state index contributed by atoms with van der Waals surface area (Å²) in [4.78, 5) is 28.5. The van der Waals surface area contributed by atoms with Crippen LogP contribution in [-0.4, -0.2) is 22.9 Å². The van der Waals surface area contributed by atoms with Crippen LogP contribution in [0.2, 0.25) is 0 Å². The van der Waals surface area contributed by atoms with Gasteiger partial charge in [0, 0.05) is 18.3 Å². The molecule has 0 unspecified atom stereocenters. The second-order valence-electron chi connectivity index (χ2n) is 7.47. The van der Waals surface area contributed by atoms with Gasteiger partial charge in [-0.15, -0.1) is 0 Å². The molecule has 0 spiro atoms. The van der Waals surface area contributed by atoms with Gasteiger partial charge in [0.2, 0.25) is 5.91 Å². The van der Waals surface area contributed by atoms with E-state index in [9.17, 15) is 31.5 Å². The number of aromatic nitrogens is 1. The number of alkyl halides is 3. The first-order valence-corrected chi connectivity index (χ1v) is 9.27. The highest BCUT2D eigenvalue weighted by molar-refractivity contribution is 6.04. The van der Waals surface area contributed by atoms with Gasteiger partial charge < -0.3 is 5.32 Å². The number of benzene rings is 1. The molecular formula is C21H19F5N2O2. The van der Waals surface area contributed by atoms with Crippen LogP contribution in [0, 0.1) is 30.4 Å². The standard InChI is InChI=1S/C21H19F5N2O2/c1-10-13(3-4-17(22)19(10)23)14-7-12(21(24,25)26)8-15(14)20(30)28-18-5-6-27-9-16(18)11(2)29/h3-6,9,12,14-15H,7-8H2,1-2H3,(H,27,28,30)/t12-,14-,15+/m0/s1. The van der Waals surface area contributed by atoms with Crippen molar-refractivity contribution >= 4 is 17.4 Å². The third-order valence-electron chi connectivity index (χ3n) is 5.60. The average Bonchev–Trinajstić information content (AvgIpc) is 3.12. The van der Waals surface area contributed by atoms with Gasteiger partial charge in [-0.2, -0.15) is 13.2 Å². The van der Waals surface area contributed by atoms with E-state index < -0.39 is 54.3 Å². The number of rotatable bonds is 4. The van der Waals surface area contributed by atoms with Gasteiger partial charge in [0.25, 0.3) is 0 Å². The summed E-state index contributed by atoms with van der Waals surface area (Å²) >= 11 is 0. The maximum Gasteiger partial charge on any atom is 0.391 e. The number of pyridine rings is 1. The summed E-state index contributed by atoms with van der Waals surface area (Å²) in [6, 6.07) is 3.46. The highest BCUT2D eigenvalue weighted by Gasteiger charge is 2.51. The molecule has 0 radical (unpaired) electrons. The molecule has 9 heteroatoms. The summed E-state index contributed by atoms with van der Waals surface area (Å²) in [7, 11) is 0. The average molecular weight is 426 g/mol. The van der Waals surface area contributed by atoms with Crippen LogP contribution in [0.5, 0.6) is 0 Å². The second-order valence-corrected chi connectivity index (χ2v) is 7.47. The van der Waals surface area contributed by atoms with Gasteiger partial charge in [-0.05, 0) is 55.9 Å². The fourth-order valence-electron chi connectivity index (χ4n) is 4.02. The maximum absolute atomic E-state index is 14.1. The molecule has 1 aliphatic carbocycles. The Bertz CT molecular complexity index is 990. The van der Waals surface area contributed by atoms with Crippen molar-refractivity contribution in [1.29, 1.82) is 0 Å². The molecule has 1 aromatic carbocycles. The monoisotopic (exact) mass is 426 g/mol. The van der Waals surface area contributed by atoms with Crippen molar-refractivity contribution in [1.82, 2.24) is 4.98 Å². The number of ketones is 1. The molecule has 4 nitrogen and oxygen atoms in total. The van der Waals surface area contributed by atoms with Crippen LogP contribution in [0.25, 0.3) is 0 Å². The minimum absolute atomic E-state index is 0.117. The smallest absolute Gasteiger partial charge is 0.325 e. The molecule has 1 heterocycles. The van der Waals surface area contributed by atoms with Crippen LogP contribution in [0.15, 0.2) is 30.6 Å². The molecule has 1 saturated carbocycles. The third kappa shape index (κ3) is 4.20. The van der Waals surface area contributed by atoms with Gasteiger partial charge in [-0.25, -0.2) is 8.78 Å². The summed E-state index contributed by atoms with van der Waals surface area (Å²) in [5.41, 5.74) is 0.312. The lowest BCUT2D eigenvalue weighted by Crippen LogP contribution is -2.27. The van der Waals surface area contributed by atoms with Crippen LogP contribution < -0.4 is 5.32 Å². The number of halogens is 5. The molecule has 1 aliphatic rings. The van der Waals surface area contributed by atoms with E-state index in [1.54, 1.807) is 0 Å². The Hall–Kier alpha value is -2.84. The van der Waals surface area contributed by atoms with Crippen LogP contribution in [0.3, 0.4) is 0 Å². The zero-order chi connectivity index (χ0) is 22.2. The highest BCUT2D eigenvalue weighted by Crippen LogP contribution is 2.50. The normalized spacial score (nSPS) is 21.5. The van der Waals surface area contributed by atoms with Crippen molar-refractivity contribution in [2.75, 3.05) is 5.32 Å². The quantitative estimate of drug-likeness (QED) is 0.541. The fraction of sp³-hybridized carbons (Fsp3) is 0.381. The number of hydrogen-bond acceptors (Lipinski definition) is 3. The van der Waals surface area contributed by atoms with Crippen molar-refractivity contribution in [2.45, 2.75) is 38.8 Å². The summed E-state index contributed by atoms with van der Waals surface area (Å²) < 4.78 is 67.8. The summed E-state index contributed by atoms with van der Waals surface area (Å²) in [6.45, 7) is 2.55. The van der Waals surface area contributed by atoms with Crippen LogP contribution in [0.4, 0.5) is 27.6 Å². The predicted octanol–water partition coefficient (Wildman–Crippen LogP) is 5.18. The van der Waals surface area contributed by atoms with Crippen LogP contribution in [-0.2, 0) is 4.79 Å². The molecule has 30 heavy (non-hydrogen) atoms. The number of hydrogen-bond donors (Lipinski definition) is 1. The van der Waals surface area contributed by atoms with E-state index in [0.717, 1.165) is 6.07 Å². The molecule has 0 saturated heterocycles. The van der Waals surface area contributed by atoms with Crippen molar-refractivity contribution in [3.05, 3.63) is 58.9 Å². The Morgan fingerprint density at radius 2 is 1.83 bits per heavy atom. The van der Waals surface area contributed by atoms with E-state index in [2.05, 4.69) is 10.3 Å².